The fourth-order valence-electron chi connectivity index (χ4n) is 4.84. The Hall–Kier alpha value is -3.32. The number of ether oxygens (including phenoxy) is 2. The lowest BCUT2D eigenvalue weighted by Gasteiger charge is -2.44. The van der Waals surface area contributed by atoms with Crippen LogP contribution in [0.2, 0.25) is 0 Å². The van der Waals surface area contributed by atoms with Crippen LogP contribution in [0.5, 0.6) is 11.5 Å². The molecule has 3 heterocycles. The molecule has 2 aliphatic heterocycles. The van der Waals surface area contributed by atoms with Crippen molar-refractivity contribution in [2.45, 2.75) is 25.0 Å². The fourth-order valence-corrected chi connectivity index (χ4v) is 4.84. The van der Waals surface area contributed by atoms with Crippen LogP contribution < -0.4 is 9.47 Å². The molecule has 31 heavy (non-hydrogen) atoms. The third-order valence-electron chi connectivity index (χ3n) is 6.44. The van der Waals surface area contributed by atoms with Crippen molar-refractivity contribution in [3.8, 4) is 22.8 Å². The largest absolute Gasteiger partial charge is 0.496 e. The quantitative estimate of drug-likeness (QED) is 0.706. The number of amides is 1. The summed E-state index contributed by atoms with van der Waals surface area (Å²) in [5, 5.41) is 14.1. The maximum atomic E-state index is 13.3. The van der Waals surface area contributed by atoms with Gasteiger partial charge < -0.3 is 19.5 Å². The van der Waals surface area contributed by atoms with Gasteiger partial charge in [-0.2, -0.15) is 5.10 Å². The zero-order valence-electron chi connectivity index (χ0n) is 17.7. The minimum absolute atomic E-state index is 0.0929. The van der Waals surface area contributed by atoms with Crippen LogP contribution in [-0.4, -0.2) is 45.9 Å². The number of hydrogen-bond donors (Lipinski definition) is 1. The van der Waals surface area contributed by atoms with Crippen molar-refractivity contribution in [1.29, 1.82) is 0 Å². The molecular formula is C24H25N3O4. The molecule has 160 valence electrons. The first-order valence-corrected chi connectivity index (χ1v) is 10.4. The van der Waals surface area contributed by atoms with Gasteiger partial charge in [0.05, 0.1) is 31.2 Å². The van der Waals surface area contributed by atoms with Crippen LogP contribution in [0.4, 0.5) is 0 Å². The summed E-state index contributed by atoms with van der Waals surface area (Å²) >= 11 is 0. The maximum absolute atomic E-state index is 13.3. The van der Waals surface area contributed by atoms with Crippen LogP contribution in [0.3, 0.4) is 0 Å². The average molecular weight is 419 g/mol. The zero-order valence-corrected chi connectivity index (χ0v) is 17.7. The highest BCUT2D eigenvalue weighted by atomic mass is 16.5. The van der Waals surface area contributed by atoms with Gasteiger partial charge in [0.15, 0.2) is 0 Å². The number of aliphatic hydroxyl groups excluding tert-OH is 1. The van der Waals surface area contributed by atoms with Gasteiger partial charge in [0.2, 0.25) is 0 Å². The highest BCUT2D eigenvalue weighted by Gasteiger charge is 2.46. The summed E-state index contributed by atoms with van der Waals surface area (Å²) in [6, 6.07) is 13.3. The number of aryl methyl sites for hydroxylation is 1. The van der Waals surface area contributed by atoms with Gasteiger partial charge in [0.1, 0.15) is 17.1 Å². The lowest BCUT2D eigenvalue weighted by Crippen LogP contribution is -2.49. The van der Waals surface area contributed by atoms with E-state index in [1.165, 1.54) is 7.11 Å². The second kappa shape index (κ2) is 7.42. The molecule has 0 bridgehead atoms. The molecule has 1 spiro atoms. The van der Waals surface area contributed by atoms with E-state index in [0.29, 0.717) is 42.8 Å². The molecule has 5 rings (SSSR count). The van der Waals surface area contributed by atoms with Crippen LogP contribution in [0, 0.1) is 0 Å². The van der Waals surface area contributed by atoms with Gasteiger partial charge in [-0.25, -0.2) is 0 Å². The number of fused-ring (bicyclic) bond motifs is 4. The number of carbonyl (C=O) groups is 1. The first-order valence-electron chi connectivity index (χ1n) is 10.4. The minimum atomic E-state index is -0.494. The number of nitrogens with zero attached hydrogens (tertiary/aromatic N) is 3. The van der Waals surface area contributed by atoms with Crippen LogP contribution in [0.1, 0.15) is 34.3 Å². The van der Waals surface area contributed by atoms with Crippen LogP contribution in [0.25, 0.3) is 11.3 Å². The number of likely N-dealkylation sites (tertiary alicyclic amines) is 1. The molecule has 2 aliphatic rings. The maximum Gasteiger partial charge on any atom is 0.257 e. The van der Waals surface area contributed by atoms with Gasteiger partial charge in [0, 0.05) is 49.7 Å². The van der Waals surface area contributed by atoms with Gasteiger partial charge in [-0.05, 0) is 18.2 Å². The summed E-state index contributed by atoms with van der Waals surface area (Å²) in [5.74, 6) is 1.20. The van der Waals surface area contributed by atoms with Crippen LogP contribution in [0.15, 0.2) is 48.7 Å². The van der Waals surface area contributed by atoms with E-state index in [0.717, 1.165) is 22.6 Å². The Morgan fingerprint density at radius 1 is 1.19 bits per heavy atom. The number of rotatable bonds is 3. The second-order valence-electron chi connectivity index (χ2n) is 8.07. The molecule has 1 N–H and O–H groups in total. The van der Waals surface area contributed by atoms with Crippen molar-refractivity contribution >= 4 is 5.91 Å². The number of para-hydroxylation sites is 2. The van der Waals surface area contributed by atoms with Gasteiger partial charge in [-0.15, -0.1) is 0 Å². The molecule has 0 unspecified atom stereocenters. The molecular weight excluding hydrogens is 394 g/mol. The topological polar surface area (TPSA) is 76.8 Å². The Morgan fingerprint density at radius 3 is 2.71 bits per heavy atom. The molecule has 2 aromatic carbocycles. The number of hydrogen-bond acceptors (Lipinski definition) is 5. The number of aromatic nitrogens is 2. The minimum Gasteiger partial charge on any atom is -0.496 e. The van der Waals surface area contributed by atoms with E-state index in [1.807, 2.05) is 41.0 Å². The molecule has 0 radical (unpaired) electrons. The smallest absolute Gasteiger partial charge is 0.257 e. The first-order chi connectivity index (χ1) is 15.1. The lowest BCUT2D eigenvalue weighted by molar-refractivity contribution is -0.00180. The van der Waals surface area contributed by atoms with Gasteiger partial charge in [0.25, 0.3) is 5.91 Å². The summed E-state index contributed by atoms with van der Waals surface area (Å²) in [5.41, 5.74) is 3.80. The Bertz CT molecular complexity index is 1150. The van der Waals surface area contributed by atoms with Crippen molar-refractivity contribution in [3.63, 3.8) is 0 Å². The average Bonchev–Trinajstić information content (AvgIpc) is 3.21. The summed E-state index contributed by atoms with van der Waals surface area (Å²) in [6.07, 6.45) is 3.25. The Balaban J connectivity index is 1.43. The van der Waals surface area contributed by atoms with E-state index in [9.17, 15) is 9.90 Å². The normalized spacial score (nSPS) is 16.4. The third kappa shape index (κ3) is 2.99. The van der Waals surface area contributed by atoms with E-state index in [4.69, 9.17) is 9.47 Å². The number of benzene rings is 2. The fraction of sp³-hybridized carbons (Fsp3) is 0.333. The van der Waals surface area contributed by atoms with Crippen molar-refractivity contribution in [2.24, 2.45) is 7.05 Å². The number of piperidine rings is 1. The van der Waals surface area contributed by atoms with Crippen LogP contribution >= 0.6 is 0 Å². The molecule has 1 fully saturated rings. The molecule has 1 aromatic heterocycles. The van der Waals surface area contributed by atoms with Crippen molar-refractivity contribution < 1.29 is 19.4 Å². The second-order valence-corrected chi connectivity index (χ2v) is 8.07. The summed E-state index contributed by atoms with van der Waals surface area (Å²) in [4.78, 5) is 15.1. The Kier molecular flexibility index (Phi) is 4.70. The van der Waals surface area contributed by atoms with Gasteiger partial charge in [-0.1, -0.05) is 24.3 Å². The van der Waals surface area contributed by atoms with E-state index in [2.05, 4.69) is 11.2 Å². The van der Waals surface area contributed by atoms with Gasteiger partial charge >= 0.3 is 0 Å². The van der Waals surface area contributed by atoms with E-state index in [1.54, 1.807) is 18.2 Å². The predicted molar refractivity (Wildman–Crippen MR) is 115 cm³/mol. The number of carbonyl (C=O) groups excluding carboxylic acids is 1. The van der Waals surface area contributed by atoms with E-state index >= 15 is 0 Å². The molecule has 3 aromatic rings. The van der Waals surface area contributed by atoms with Crippen molar-refractivity contribution in [1.82, 2.24) is 14.7 Å². The Labute approximate surface area is 180 Å². The summed E-state index contributed by atoms with van der Waals surface area (Å²) in [7, 11) is 3.47. The molecule has 7 nitrogen and oxygen atoms in total. The Morgan fingerprint density at radius 2 is 1.97 bits per heavy atom. The standard InChI is InChI=1S/C24H25N3O4/c1-26-21-17-7-3-4-9-20(17)31-24(19(21)14-25-26)10-12-27(13-11-24)23(29)18-8-5-6-16(15-28)22(18)30-2/h3-9,14,28H,10-13,15H2,1-2H3. The zero-order chi connectivity index (χ0) is 21.6. The molecule has 7 heteroatoms. The highest BCUT2D eigenvalue weighted by molar-refractivity contribution is 5.97. The highest BCUT2D eigenvalue weighted by Crippen LogP contribution is 2.49. The van der Waals surface area contributed by atoms with E-state index < -0.39 is 5.60 Å². The van der Waals surface area contributed by atoms with Gasteiger partial charge in [-0.3, -0.25) is 9.48 Å². The molecule has 0 atom stereocenters. The van der Waals surface area contributed by atoms with E-state index in [-0.39, 0.29) is 12.5 Å². The summed E-state index contributed by atoms with van der Waals surface area (Å²) in [6.45, 7) is 0.939. The summed E-state index contributed by atoms with van der Waals surface area (Å²) < 4.78 is 13.9. The lowest BCUT2D eigenvalue weighted by atomic mass is 9.81. The van der Waals surface area contributed by atoms with Crippen molar-refractivity contribution in [2.75, 3.05) is 20.2 Å². The monoisotopic (exact) mass is 419 g/mol. The third-order valence-corrected chi connectivity index (χ3v) is 6.44. The molecule has 1 amide bonds. The molecule has 0 aliphatic carbocycles. The number of methoxy groups -OCH3 is 1. The molecule has 0 saturated carbocycles. The molecule has 1 saturated heterocycles. The predicted octanol–water partition coefficient (Wildman–Crippen LogP) is 3.11. The number of aliphatic hydroxyl groups is 1. The van der Waals surface area contributed by atoms with Crippen LogP contribution in [-0.2, 0) is 19.3 Å². The van der Waals surface area contributed by atoms with Crippen molar-refractivity contribution in [3.05, 3.63) is 65.4 Å². The SMILES string of the molecule is COc1c(CO)cccc1C(=O)N1CCC2(CC1)Oc1ccccc1-c1c2cnn1C. The first kappa shape index (κ1) is 19.6.